The molecule has 0 aliphatic heterocycles. The molecule has 2 heteroatoms. The zero-order valence-electron chi connectivity index (χ0n) is 9.80. The quantitative estimate of drug-likeness (QED) is 0.483. The van der Waals surface area contributed by atoms with Gasteiger partial charge in [-0.2, -0.15) is 0 Å². The molecule has 0 radical (unpaired) electrons. The Morgan fingerprint density at radius 2 is 2.00 bits per heavy atom. The zero-order valence-corrected chi connectivity index (χ0v) is 9.80. The molecule has 0 aromatic rings. The fourth-order valence-electron chi connectivity index (χ4n) is 1.19. The average Bonchev–Trinajstić information content (AvgIpc) is 2.02. The predicted molar refractivity (Wildman–Crippen MR) is 59.1 cm³/mol. The Balaban J connectivity index is 3.51. The first-order valence-electron chi connectivity index (χ1n) is 5.31. The van der Waals surface area contributed by atoms with Crippen molar-refractivity contribution in [2.75, 3.05) is 6.61 Å². The molecule has 14 heavy (non-hydrogen) atoms. The minimum atomic E-state index is -0.212. The minimum absolute atomic E-state index is 0.212. The highest BCUT2D eigenvalue weighted by molar-refractivity contribution is 5.66. The van der Waals surface area contributed by atoms with Crippen molar-refractivity contribution in [2.24, 2.45) is 5.92 Å². The molecular formula is C12H22O2. The highest BCUT2D eigenvalue weighted by Gasteiger charge is 1.95. The van der Waals surface area contributed by atoms with Crippen LogP contribution in [0.3, 0.4) is 0 Å². The van der Waals surface area contributed by atoms with Crippen LogP contribution in [0.2, 0.25) is 0 Å². The lowest BCUT2D eigenvalue weighted by Gasteiger charge is -2.04. The number of hydrogen-bond acceptors (Lipinski definition) is 2. The molecule has 0 atom stereocenters. The molecule has 82 valence electrons. The van der Waals surface area contributed by atoms with Crippen molar-refractivity contribution in [3.63, 3.8) is 0 Å². The molecular weight excluding hydrogens is 176 g/mol. The van der Waals surface area contributed by atoms with Gasteiger partial charge in [0.2, 0.25) is 0 Å². The van der Waals surface area contributed by atoms with Crippen LogP contribution in [0.4, 0.5) is 0 Å². The first-order chi connectivity index (χ1) is 6.52. The summed E-state index contributed by atoms with van der Waals surface area (Å²) in [6.07, 6.45) is 5.58. The Bertz CT molecular complexity index is 192. The SMILES string of the molecule is CC(=O)OC/C=C(/C)CCCC(C)C. The third-order valence-electron chi connectivity index (χ3n) is 2.07. The minimum Gasteiger partial charge on any atom is -0.462 e. The van der Waals surface area contributed by atoms with Crippen LogP contribution < -0.4 is 0 Å². The lowest BCUT2D eigenvalue weighted by atomic mass is 10.0. The third kappa shape index (κ3) is 9.30. The molecule has 0 aromatic heterocycles. The molecule has 0 unspecified atom stereocenters. The molecule has 0 aliphatic rings. The molecule has 0 N–H and O–H groups in total. The zero-order chi connectivity index (χ0) is 11.0. The number of hydrogen-bond donors (Lipinski definition) is 0. The highest BCUT2D eigenvalue weighted by Crippen LogP contribution is 2.11. The van der Waals surface area contributed by atoms with Crippen LogP contribution in [-0.4, -0.2) is 12.6 Å². The van der Waals surface area contributed by atoms with Crippen molar-refractivity contribution < 1.29 is 9.53 Å². The van der Waals surface area contributed by atoms with Crippen molar-refractivity contribution in [1.29, 1.82) is 0 Å². The van der Waals surface area contributed by atoms with Gasteiger partial charge in [0.15, 0.2) is 0 Å². The van der Waals surface area contributed by atoms with E-state index in [1.807, 2.05) is 6.08 Å². The smallest absolute Gasteiger partial charge is 0.302 e. The van der Waals surface area contributed by atoms with Gasteiger partial charge in [0.05, 0.1) is 0 Å². The van der Waals surface area contributed by atoms with E-state index in [4.69, 9.17) is 4.74 Å². The van der Waals surface area contributed by atoms with Crippen molar-refractivity contribution in [2.45, 2.75) is 47.0 Å². The highest BCUT2D eigenvalue weighted by atomic mass is 16.5. The van der Waals surface area contributed by atoms with E-state index in [1.165, 1.54) is 25.3 Å². The van der Waals surface area contributed by atoms with Gasteiger partial charge < -0.3 is 4.74 Å². The first kappa shape index (κ1) is 13.2. The summed E-state index contributed by atoms with van der Waals surface area (Å²) in [7, 11) is 0. The van der Waals surface area contributed by atoms with Crippen molar-refractivity contribution >= 4 is 5.97 Å². The Morgan fingerprint density at radius 1 is 1.36 bits per heavy atom. The van der Waals surface area contributed by atoms with Gasteiger partial charge in [0.1, 0.15) is 6.61 Å². The van der Waals surface area contributed by atoms with Gasteiger partial charge in [-0.25, -0.2) is 0 Å². The second-order valence-electron chi connectivity index (χ2n) is 4.14. The van der Waals surface area contributed by atoms with Gasteiger partial charge in [-0.05, 0) is 31.8 Å². The third-order valence-corrected chi connectivity index (χ3v) is 2.07. The van der Waals surface area contributed by atoms with Crippen molar-refractivity contribution in [1.82, 2.24) is 0 Å². The Hall–Kier alpha value is -0.790. The number of carbonyl (C=O) groups is 1. The van der Waals surface area contributed by atoms with E-state index in [0.717, 1.165) is 12.3 Å². The lowest BCUT2D eigenvalue weighted by Crippen LogP contribution is -1.98. The summed E-state index contributed by atoms with van der Waals surface area (Å²) in [6, 6.07) is 0. The van der Waals surface area contributed by atoms with Crippen LogP contribution in [0.25, 0.3) is 0 Å². The van der Waals surface area contributed by atoms with Gasteiger partial charge in [0, 0.05) is 6.92 Å². The summed E-state index contributed by atoms with van der Waals surface area (Å²) in [5.74, 6) is 0.562. The average molecular weight is 198 g/mol. The summed E-state index contributed by atoms with van der Waals surface area (Å²) < 4.78 is 4.82. The number of ether oxygens (including phenoxy) is 1. The van der Waals surface area contributed by atoms with Gasteiger partial charge in [0.25, 0.3) is 0 Å². The molecule has 2 nitrogen and oxygen atoms in total. The number of carbonyl (C=O) groups excluding carboxylic acids is 1. The molecule has 0 amide bonds. The molecule has 0 rings (SSSR count). The van der Waals surface area contributed by atoms with Crippen LogP contribution in [0.5, 0.6) is 0 Å². The second kappa shape index (κ2) is 7.60. The predicted octanol–water partition coefficient (Wildman–Crippen LogP) is 3.32. The second-order valence-corrected chi connectivity index (χ2v) is 4.14. The first-order valence-corrected chi connectivity index (χ1v) is 5.31. The van der Waals surface area contributed by atoms with Crippen molar-refractivity contribution in [3.8, 4) is 0 Å². The van der Waals surface area contributed by atoms with Crippen molar-refractivity contribution in [3.05, 3.63) is 11.6 Å². The van der Waals surface area contributed by atoms with Crippen LogP contribution in [0.15, 0.2) is 11.6 Å². The molecule has 0 fully saturated rings. The van der Waals surface area contributed by atoms with Gasteiger partial charge in [-0.15, -0.1) is 0 Å². The summed E-state index contributed by atoms with van der Waals surface area (Å²) in [5.41, 5.74) is 1.31. The van der Waals surface area contributed by atoms with E-state index in [2.05, 4.69) is 20.8 Å². The monoisotopic (exact) mass is 198 g/mol. The largest absolute Gasteiger partial charge is 0.462 e. The fourth-order valence-corrected chi connectivity index (χ4v) is 1.19. The topological polar surface area (TPSA) is 26.3 Å². The van der Waals surface area contributed by atoms with E-state index in [0.29, 0.717) is 6.61 Å². The molecule has 0 spiro atoms. The van der Waals surface area contributed by atoms with Gasteiger partial charge in [-0.3, -0.25) is 4.79 Å². The summed E-state index contributed by atoms with van der Waals surface area (Å²) in [4.78, 5) is 10.5. The fraction of sp³-hybridized carbons (Fsp3) is 0.750. The normalized spacial score (nSPS) is 11.9. The maximum atomic E-state index is 10.5. The Labute approximate surface area is 87.3 Å². The number of rotatable bonds is 6. The molecule has 0 saturated heterocycles. The maximum absolute atomic E-state index is 10.5. The summed E-state index contributed by atoms with van der Waals surface area (Å²) >= 11 is 0. The number of esters is 1. The van der Waals surface area contributed by atoms with E-state index in [-0.39, 0.29) is 5.97 Å². The van der Waals surface area contributed by atoms with E-state index in [9.17, 15) is 4.79 Å². The molecule has 0 bridgehead atoms. The Morgan fingerprint density at radius 3 is 2.50 bits per heavy atom. The van der Waals surface area contributed by atoms with Crippen LogP contribution in [0.1, 0.15) is 47.0 Å². The van der Waals surface area contributed by atoms with Crippen LogP contribution in [-0.2, 0) is 9.53 Å². The summed E-state index contributed by atoms with van der Waals surface area (Å²) in [5, 5.41) is 0. The molecule has 0 aromatic carbocycles. The van der Waals surface area contributed by atoms with E-state index in [1.54, 1.807) is 0 Å². The Kier molecular flexibility index (Phi) is 7.17. The van der Waals surface area contributed by atoms with Gasteiger partial charge >= 0.3 is 5.97 Å². The maximum Gasteiger partial charge on any atom is 0.302 e. The molecule has 0 heterocycles. The van der Waals surface area contributed by atoms with E-state index < -0.39 is 0 Å². The molecule has 0 aliphatic carbocycles. The summed E-state index contributed by atoms with van der Waals surface area (Å²) in [6.45, 7) is 8.41. The lowest BCUT2D eigenvalue weighted by molar-refractivity contribution is -0.139. The van der Waals surface area contributed by atoms with Crippen LogP contribution in [0, 0.1) is 5.92 Å². The van der Waals surface area contributed by atoms with E-state index >= 15 is 0 Å². The van der Waals surface area contributed by atoms with Crippen LogP contribution >= 0.6 is 0 Å². The standard InChI is InChI=1S/C12H22O2/c1-10(2)6-5-7-11(3)8-9-14-12(4)13/h8,10H,5-7,9H2,1-4H3/b11-8-. The van der Waals surface area contributed by atoms with Gasteiger partial charge in [-0.1, -0.05) is 25.8 Å². The number of allylic oxidation sites excluding steroid dienone is 1. The molecule has 0 saturated carbocycles.